The number of carboxylic acids is 1. The molecule has 0 radical (unpaired) electrons. The first-order chi connectivity index (χ1) is 11.0. The molecule has 1 atom stereocenters. The third-order valence-electron chi connectivity index (χ3n) is 3.49. The van der Waals surface area contributed by atoms with Crippen LogP contribution in [0.25, 0.3) is 0 Å². The number of carbonyl (C=O) groups is 2. The molecule has 1 aromatic rings. The average Bonchev–Trinajstić information content (AvgIpc) is 2.52. The van der Waals surface area contributed by atoms with E-state index in [0.29, 0.717) is 31.7 Å². The fourth-order valence-electron chi connectivity index (χ4n) is 2.14. The number of hydrogen-bond donors (Lipinski definition) is 1. The second-order valence-electron chi connectivity index (χ2n) is 5.40. The van der Waals surface area contributed by atoms with E-state index in [9.17, 15) is 14.0 Å². The lowest BCUT2D eigenvalue weighted by Crippen LogP contribution is -2.39. The van der Waals surface area contributed by atoms with Gasteiger partial charge in [0.2, 0.25) is 5.91 Å². The second-order valence-corrected chi connectivity index (χ2v) is 5.40. The van der Waals surface area contributed by atoms with Crippen LogP contribution in [0.3, 0.4) is 0 Å². The quantitative estimate of drug-likeness (QED) is 0.671. The summed E-state index contributed by atoms with van der Waals surface area (Å²) in [6.45, 7) is 5.03. The topological polar surface area (TPSA) is 66.8 Å². The molecular weight excluding hydrogens is 301 g/mol. The molecule has 0 saturated heterocycles. The Hall–Kier alpha value is -1.95. The fourth-order valence-corrected chi connectivity index (χ4v) is 2.14. The summed E-state index contributed by atoms with van der Waals surface area (Å²) < 4.78 is 18.9. The van der Waals surface area contributed by atoms with Gasteiger partial charge in [-0.1, -0.05) is 25.1 Å². The minimum atomic E-state index is -0.960. The molecule has 0 spiro atoms. The second kappa shape index (κ2) is 9.94. The van der Waals surface area contributed by atoms with Gasteiger partial charge in [0.05, 0.1) is 12.3 Å². The molecule has 1 rings (SSSR count). The lowest BCUT2D eigenvalue weighted by Gasteiger charge is -2.24. The lowest BCUT2D eigenvalue weighted by atomic mass is 10.1. The molecule has 0 heterocycles. The predicted molar refractivity (Wildman–Crippen MR) is 84.6 cm³/mol. The molecule has 128 valence electrons. The molecule has 1 aromatic carbocycles. The van der Waals surface area contributed by atoms with Gasteiger partial charge in [0, 0.05) is 26.3 Å². The highest BCUT2D eigenvalue weighted by molar-refractivity contribution is 5.79. The van der Waals surface area contributed by atoms with Crippen molar-refractivity contribution in [3.63, 3.8) is 0 Å². The lowest BCUT2D eigenvalue weighted by molar-refractivity contribution is -0.143. The van der Waals surface area contributed by atoms with Crippen LogP contribution in [0.15, 0.2) is 24.3 Å². The molecule has 1 amide bonds. The van der Waals surface area contributed by atoms with Gasteiger partial charge < -0.3 is 14.7 Å². The van der Waals surface area contributed by atoms with E-state index in [0.717, 1.165) is 0 Å². The minimum Gasteiger partial charge on any atom is -0.481 e. The zero-order chi connectivity index (χ0) is 17.2. The summed E-state index contributed by atoms with van der Waals surface area (Å²) in [5.74, 6) is -2.34. The molecule has 6 heteroatoms. The molecular formula is C17H24FNO4. The Bertz CT molecular complexity index is 521. The molecule has 0 aliphatic rings. The summed E-state index contributed by atoms with van der Waals surface area (Å²) in [7, 11) is 0. The van der Waals surface area contributed by atoms with Gasteiger partial charge in [-0.05, 0) is 25.0 Å². The Morgan fingerprint density at radius 2 is 2.04 bits per heavy atom. The summed E-state index contributed by atoms with van der Waals surface area (Å²) in [5, 5.41) is 9.03. The number of halogens is 1. The molecule has 0 fully saturated rings. The number of carbonyl (C=O) groups excluding carboxylic acids is 1. The Morgan fingerprint density at radius 3 is 2.65 bits per heavy atom. The zero-order valence-corrected chi connectivity index (χ0v) is 13.6. The standard InChI is InChI=1S/C17H24FNO4/c1-3-23-10-6-9-19(12-13(2)17(21)22)16(20)11-14-7-4-5-8-15(14)18/h4-5,7-8,13H,3,6,9-12H2,1-2H3,(H,21,22). The van der Waals surface area contributed by atoms with Gasteiger partial charge >= 0.3 is 5.97 Å². The summed E-state index contributed by atoms with van der Waals surface area (Å²) in [6, 6.07) is 6.11. The molecule has 5 nitrogen and oxygen atoms in total. The van der Waals surface area contributed by atoms with Crippen molar-refractivity contribution in [3.8, 4) is 0 Å². The highest BCUT2D eigenvalue weighted by Crippen LogP contribution is 2.11. The molecule has 1 unspecified atom stereocenters. The smallest absolute Gasteiger partial charge is 0.308 e. The van der Waals surface area contributed by atoms with Crippen molar-refractivity contribution in [1.82, 2.24) is 4.90 Å². The first-order valence-corrected chi connectivity index (χ1v) is 7.77. The van der Waals surface area contributed by atoms with Crippen LogP contribution in [0.4, 0.5) is 4.39 Å². The van der Waals surface area contributed by atoms with Gasteiger partial charge in [-0.2, -0.15) is 0 Å². The van der Waals surface area contributed by atoms with Gasteiger partial charge in [-0.3, -0.25) is 9.59 Å². The van der Waals surface area contributed by atoms with Gasteiger partial charge in [0.1, 0.15) is 5.82 Å². The third kappa shape index (κ3) is 6.78. The maximum Gasteiger partial charge on any atom is 0.308 e. The van der Waals surface area contributed by atoms with E-state index in [1.165, 1.54) is 11.0 Å². The van der Waals surface area contributed by atoms with Crippen molar-refractivity contribution >= 4 is 11.9 Å². The van der Waals surface area contributed by atoms with Crippen molar-refractivity contribution in [2.45, 2.75) is 26.7 Å². The first-order valence-electron chi connectivity index (χ1n) is 7.77. The number of nitrogens with zero attached hydrogens (tertiary/aromatic N) is 1. The molecule has 0 aliphatic carbocycles. The van der Waals surface area contributed by atoms with Crippen molar-refractivity contribution in [3.05, 3.63) is 35.6 Å². The minimum absolute atomic E-state index is 0.0757. The SMILES string of the molecule is CCOCCCN(CC(C)C(=O)O)C(=O)Cc1ccccc1F. The van der Waals surface area contributed by atoms with E-state index in [4.69, 9.17) is 9.84 Å². The van der Waals surface area contributed by atoms with Crippen LogP contribution in [-0.4, -0.2) is 48.2 Å². The first kappa shape index (κ1) is 19.1. The van der Waals surface area contributed by atoms with E-state index in [1.807, 2.05) is 6.92 Å². The van der Waals surface area contributed by atoms with Gasteiger partial charge in [0.25, 0.3) is 0 Å². The third-order valence-corrected chi connectivity index (χ3v) is 3.49. The van der Waals surface area contributed by atoms with E-state index in [-0.39, 0.29) is 18.9 Å². The Balaban J connectivity index is 2.70. The molecule has 23 heavy (non-hydrogen) atoms. The van der Waals surface area contributed by atoms with Crippen LogP contribution < -0.4 is 0 Å². The van der Waals surface area contributed by atoms with Crippen LogP contribution in [-0.2, 0) is 20.7 Å². The highest BCUT2D eigenvalue weighted by Gasteiger charge is 2.21. The summed E-state index contributed by atoms with van der Waals surface area (Å²) in [6.07, 6.45) is 0.539. The maximum atomic E-state index is 13.7. The number of hydrogen-bond acceptors (Lipinski definition) is 3. The number of aliphatic carboxylic acids is 1. The average molecular weight is 325 g/mol. The monoisotopic (exact) mass is 325 g/mol. The number of carboxylic acid groups (broad SMARTS) is 1. The van der Waals surface area contributed by atoms with Crippen LogP contribution in [0.2, 0.25) is 0 Å². The largest absolute Gasteiger partial charge is 0.481 e. The summed E-state index contributed by atoms with van der Waals surface area (Å²) in [5.41, 5.74) is 0.315. The van der Waals surface area contributed by atoms with Gasteiger partial charge in [-0.25, -0.2) is 4.39 Å². The number of ether oxygens (including phenoxy) is 1. The predicted octanol–water partition coefficient (Wildman–Crippen LogP) is 2.34. The van der Waals surface area contributed by atoms with Gasteiger partial charge in [0.15, 0.2) is 0 Å². The van der Waals surface area contributed by atoms with Crippen molar-refractivity contribution in [2.24, 2.45) is 5.92 Å². The number of amides is 1. The molecule has 0 bridgehead atoms. The highest BCUT2D eigenvalue weighted by atomic mass is 19.1. The Labute approximate surface area is 136 Å². The van der Waals surface area contributed by atoms with Crippen molar-refractivity contribution < 1.29 is 23.8 Å². The van der Waals surface area contributed by atoms with E-state index >= 15 is 0 Å². The Kier molecular flexibility index (Phi) is 8.26. The Morgan fingerprint density at radius 1 is 1.35 bits per heavy atom. The molecule has 1 N–H and O–H groups in total. The molecule has 0 aliphatic heterocycles. The van der Waals surface area contributed by atoms with Crippen LogP contribution >= 0.6 is 0 Å². The normalized spacial score (nSPS) is 12.0. The van der Waals surface area contributed by atoms with Crippen LogP contribution in [0, 0.1) is 11.7 Å². The molecule has 0 aromatic heterocycles. The summed E-state index contributed by atoms with van der Waals surface area (Å²) >= 11 is 0. The zero-order valence-electron chi connectivity index (χ0n) is 13.6. The van der Waals surface area contributed by atoms with Gasteiger partial charge in [-0.15, -0.1) is 0 Å². The van der Waals surface area contributed by atoms with Crippen LogP contribution in [0.5, 0.6) is 0 Å². The van der Waals surface area contributed by atoms with Crippen LogP contribution in [0.1, 0.15) is 25.8 Å². The molecule has 0 saturated carbocycles. The van der Waals surface area contributed by atoms with E-state index < -0.39 is 17.7 Å². The van der Waals surface area contributed by atoms with Crippen molar-refractivity contribution in [1.29, 1.82) is 0 Å². The number of benzene rings is 1. The van der Waals surface area contributed by atoms with E-state index in [1.54, 1.807) is 25.1 Å². The fraction of sp³-hybridized carbons (Fsp3) is 0.529. The number of rotatable bonds is 10. The summed E-state index contributed by atoms with van der Waals surface area (Å²) in [4.78, 5) is 24.9. The van der Waals surface area contributed by atoms with Crippen molar-refractivity contribution in [2.75, 3.05) is 26.3 Å². The van der Waals surface area contributed by atoms with E-state index in [2.05, 4.69) is 0 Å². The maximum absolute atomic E-state index is 13.7.